The fourth-order valence-electron chi connectivity index (χ4n) is 1.93. The number of hydrogen-bond acceptors (Lipinski definition) is 3. The number of nitrogens with one attached hydrogen (secondary N) is 1. The Balaban J connectivity index is 2.05. The average Bonchev–Trinajstić information content (AvgIpc) is 2.77. The molecule has 0 aromatic heterocycles. The van der Waals surface area contributed by atoms with Crippen LogP contribution >= 0.6 is 35.0 Å². The van der Waals surface area contributed by atoms with E-state index in [4.69, 9.17) is 28.2 Å². The molecule has 0 bridgehead atoms. The van der Waals surface area contributed by atoms with Gasteiger partial charge < -0.3 is 5.32 Å². The van der Waals surface area contributed by atoms with Gasteiger partial charge in [-0.1, -0.05) is 54.9 Å². The number of thioether (sulfide) groups is 1. The van der Waals surface area contributed by atoms with Gasteiger partial charge in [0, 0.05) is 15.8 Å². The monoisotopic (exact) mass is 316 g/mol. The zero-order valence-corrected chi connectivity index (χ0v) is 13.6. The molecule has 0 spiro atoms. The lowest BCUT2D eigenvalue weighted by Crippen LogP contribution is -2.23. The van der Waals surface area contributed by atoms with Crippen molar-refractivity contribution in [3.05, 3.63) is 33.8 Å². The molecular formula is C14H18Cl2N2S. The minimum absolute atomic E-state index is 0.127. The van der Waals surface area contributed by atoms with Crippen LogP contribution in [0.4, 0.5) is 0 Å². The van der Waals surface area contributed by atoms with Crippen LogP contribution in [0.2, 0.25) is 10.0 Å². The number of rotatable bonds is 3. The van der Waals surface area contributed by atoms with Crippen molar-refractivity contribution in [1.82, 2.24) is 5.32 Å². The summed E-state index contributed by atoms with van der Waals surface area (Å²) in [6.07, 6.45) is 0. The van der Waals surface area contributed by atoms with E-state index in [1.165, 1.54) is 0 Å². The highest BCUT2D eigenvalue weighted by Crippen LogP contribution is 2.28. The Hall–Kier alpha value is -0.380. The predicted molar refractivity (Wildman–Crippen MR) is 86.5 cm³/mol. The van der Waals surface area contributed by atoms with Gasteiger partial charge >= 0.3 is 0 Å². The fraction of sp³-hybridized carbons (Fsp3) is 0.500. The van der Waals surface area contributed by atoms with Gasteiger partial charge in [0.05, 0.1) is 12.1 Å². The van der Waals surface area contributed by atoms with Crippen LogP contribution in [0.5, 0.6) is 0 Å². The maximum absolute atomic E-state index is 6.22. The minimum Gasteiger partial charge on any atom is -0.358 e. The standard InChI is InChI=1S/C14H18Cl2N2S/c1-8(2)13-7-19-14(18-13)17-9(3)11-5-4-10(15)6-12(11)16/h4-6,8-9,13H,7H2,1-3H3,(H,17,18). The summed E-state index contributed by atoms with van der Waals surface area (Å²) in [5.74, 6) is 1.64. The van der Waals surface area contributed by atoms with Crippen molar-refractivity contribution in [2.75, 3.05) is 5.75 Å². The second kappa shape index (κ2) is 6.38. The van der Waals surface area contributed by atoms with E-state index in [2.05, 4.69) is 26.1 Å². The van der Waals surface area contributed by atoms with Crippen LogP contribution in [0.3, 0.4) is 0 Å². The van der Waals surface area contributed by atoms with Gasteiger partial charge in [0.25, 0.3) is 0 Å². The van der Waals surface area contributed by atoms with E-state index in [0.717, 1.165) is 16.5 Å². The third-order valence-electron chi connectivity index (χ3n) is 3.21. The summed E-state index contributed by atoms with van der Waals surface area (Å²) in [4.78, 5) is 4.70. The van der Waals surface area contributed by atoms with Crippen LogP contribution in [0.1, 0.15) is 32.4 Å². The van der Waals surface area contributed by atoms with Gasteiger partial charge in [-0.25, -0.2) is 0 Å². The molecule has 0 saturated heterocycles. The third kappa shape index (κ3) is 3.80. The predicted octanol–water partition coefficient (Wildman–Crippen LogP) is 4.77. The molecule has 2 rings (SSSR count). The summed E-state index contributed by atoms with van der Waals surface area (Å²) < 4.78 is 0. The first kappa shape index (κ1) is 15.0. The molecule has 1 aliphatic rings. The van der Waals surface area contributed by atoms with Crippen molar-refractivity contribution in [2.24, 2.45) is 10.9 Å². The van der Waals surface area contributed by atoms with Crippen LogP contribution in [0, 0.1) is 5.92 Å². The molecule has 0 fully saturated rings. The highest BCUT2D eigenvalue weighted by molar-refractivity contribution is 8.14. The number of benzene rings is 1. The van der Waals surface area contributed by atoms with Gasteiger partial charge in [0.1, 0.15) is 0 Å². The number of nitrogens with zero attached hydrogens (tertiary/aromatic N) is 1. The van der Waals surface area contributed by atoms with Crippen molar-refractivity contribution < 1.29 is 0 Å². The molecule has 0 saturated carbocycles. The molecule has 1 N–H and O–H groups in total. The number of aliphatic imine (C=N–C) groups is 1. The lowest BCUT2D eigenvalue weighted by Gasteiger charge is -2.16. The molecule has 2 unspecified atom stereocenters. The van der Waals surface area contributed by atoms with Crippen LogP contribution in [-0.4, -0.2) is 17.0 Å². The van der Waals surface area contributed by atoms with Gasteiger partial charge in [-0.15, -0.1) is 0 Å². The van der Waals surface area contributed by atoms with Crippen molar-refractivity contribution >= 4 is 40.1 Å². The average molecular weight is 317 g/mol. The number of halogens is 2. The molecule has 19 heavy (non-hydrogen) atoms. The second-order valence-corrected chi connectivity index (χ2v) is 6.94. The smallest absolute Gasteiger partial charge is 0.157 e. The first-order chi connectivity index (χ1) is 8.97. The number of amidine groups is 1. The molecule has 104 valence electrons. The third-order valence-corrected chi connectivity index (χ3v) is 4.78. The van der Waals surface area contributed by atoms with Gasteiger partial charge in [0.2, 0.25) is 0 Å². The molecule has 0 radical (unpaired) electrons. The lowest BCUT2D eigenvalue weighted by atomic mass is 10.1. The molecule has 1 heterocycles. The van der Waals surface area contributed by atoms with Crippen LogP contribution < -0.4 is 5.32 Å². The van der Waals surface area contributed by atoms with E-state index < -0.39 is 0 Å². The Bertz CT molecular complexity index is 488. The van der Waals surface area contributed by atoms with E-state index in [0.29, 0.717) is 22.0 Å². The molecule has 1 aromatic rings. The summed E-state index contributed by atoms with van der Waals surface area (Å²) in [5, 5.41) is 5.79. The Morgan fingerprint density at radius 3 is 2.63 bits per heavy atom. The molecule has 1 aliphatic heterocycles. The van der Waals surface area contributed by atoms with Crippen molar-refractivity contribution in [2.45, 2.75) is 32.9 Å². The topological polar surface area (TPSA) is 24.4 Å². The SMILES string of the molecule is CC(NC1=NC(C(C)C)CS1)c1ccc(Cl)cc1Cl. The Morgan fingerprint density at radius 2 is 2.05 bits per heavy atom. The van der Waals surface area contributed by atoms with Gasteiger partial charge in [-0.3, -0.25) is 4.99 Å². The zero-order chi connectivity index (χ0) is 14.0. The minimum atomic E-state index is 0.127. The molecule has 2 atom stereocenters. The summed E-state index contributed by atoms with van der Waals surface area (Å²) >= 11 is 13.9. The van der Waals surface area contributed by atoms with Crippen molar-refractivity contribution in [3.8, 4) is 0 Å². The quantitative estimate of drug-likeness (QED) is 0.868. The molecule has 0 aliphatic carbocycles. The summed E-state index contributed by atoms with van der Waals surface area (Å²) in [7, 11) is 0. The highest BCUT2D eigenvalue weighted by Gasteiger charge is 2.22. The first-order valence-corrected chi connectivity index (χ1v) is 8.13. The van der Waals surface area contributed by atoms with Crippen molar-refractivity contribution in [3.63, 3.8) is 0 Å². The molecule has 0 amide bonds. The van der Waals surface area contributed by atoms with Gasteiger partial charge in [-0.05, 0) is 30.5 Å². The summed E-state index contributed by atoms with van der Waals surface area (Å²) in [5.41, 5.74) is 1.04. The maximum atomic E-state index is 6.22. The summed E-state index contributed by atoms with van der Waals surface area (Å²) in [6.45, 7) is 6.50. The van der Waals surface area contributed by atoms with Crippen molar-refractivity contribution in [1.29, 1.82) is 0 Å². The molecule has 2 nitrogen and oxygen atoms in total. The highest BCUT2D eigenvalue weighted by atomic mass is 35.5. The van der Waals surface area contributed by atoms with E-state index in [9.17, 15) is 0 Å². The first-order valence-electron chi connectivity index (χ1n) is 6.39. The number of hydrogen-bond donors (Lipinski definition) is 1. The van der Waals surface area contributed by atoms with Crippen LogP contribution in [-0.2, 0) is 0 Å². The maximum Gasteiger partial charge on any atom is 0.157 e. The van der Waals surface area contributed by atoms with E-state index in [-0.39, 0.29) is 6.04 Å². The Kier molecular flexibility index (Phi) is 5.04. The molecule has 5 heteroatoms. The van der Waals surface area contributed by atoms with E-state index in [1.807, 2.05) is 12.1 Å². The lowest BCUT2D eigenvalue weighted by molar-refractivity contribution is 0.541. The normalized spacial score (nSPS) is 20.5. The largest absolute Gasteiger partial charge is 0.358 e. The van der Waals surface area contributed by atoms with E-state index in [1.54, 1.807) is 17.8 Å². The van der Waals surface area contributed by atoms with E-state index >= 15 is 0 Å². The zero-order valence-electron chi connectivity index (χ0n) is 11.3. The summed E-state index contributed by atoms with van der Waals surface area (Å²) in [6, 6.07) is 6.14. The Labute approximate surface area is 129 Å². The van der Waals surface area contributed by atoms with Gasteiger partial charge in [0.15, 0.2) is 5.17 Å². The fourth-order valence-corrected chi connectivity index (χ4v) is 3.76. The Morgan fingerprint density at radius 1 is 1.32 bits per heavy atom. The second-order valence-electron chi connectivity index (χ2n) is 5.09. The van der Waals surface area contributed by atoms with Gasteiger partial charge in [-0.2, -0.15) is 0 Å². The molecular weight excluding hydrogens is 299 g/mol. The molecule has 1 aromatic carbocycles. The van der Waals surface area contributed by atoms with Crippen LogP contribution in [0.25, 0.3) is 0 Å². The van der Waals surface area contributed by atoms with Crippen LogP contribution in [0.15, 0.2) is 23.2 Å².